The normalized spacial score (nSPS) is 15.4. The first-order chi connectivity index (χ1) is 4.86. The standard InChI is InChI=1S/C7H7NOS/c9-6-3-5-1-2-10-7(5)8-4-6/h1-3,8-9H,4H2. The molecule has 3 heteroatoms. The van der Waals surface area contributed by atoms with E-state index >= 15 is 0 Å². The first-order valence-corrected chi connectivity index (χ1v) is 3.95. The molecule has 0 saturated heterocycles. The highest BCUT2D eigenvalue weighted by molar-refractivity contribution is 7.14. The summed E-state index contributed by atoms with van der Waals surface area (Å²) in [6.45, 7) is 0.563. The highest BCUT2D eigenvalue weighted by Crippen LogP contribution is 2.27. The molecule has 0 unspecified atom stereocenters. The van der Waals surface area contributed by atoms with Crippen LogP contribution in [0.25, 0.3) is 6.08 Å². The van der Waals surface area contributed by atoms with E-state index in [1.54, 1.807) is 17.4 Å². The van der Waals surface area contributed by atoms with Crippen molar-refractivity contribution >= 4 is 22.4 Å². The summed E-state index contributed by atoms with van der Waals surface area (Å²) in [5.74, 6) is 0.408. The molecule has 2 nitrogen and oxygen atoms in total. The molecular formula is C7H7NOS. The van der Waals surface area contributed by atoms with Gasteiger partial charge in [-0.1, -0.05) is 0 Å². The third-order valence-corrected chi connectivity index (χ3v) is 2.34. The van der Waals surface area contributed by atoms with Gasteiger partial charge in [-0.05, 0) is 17.5 Å². The Balaban J connectivity index is 2.50. The molecule has 1 aliphatic rings. The lowest BCUT2D eigenvalue weighted by Gasteiger charge is -2.09. The third-order valence-electron chi connectivity index (χ3n) is 1.45. The molecule has 0 bridgehead atoms. The summed E-state index contributed by atoms with van der Waals surface area (Å²) >= 11 is 1.66. The van der Waals surface area contributed by atoms with Crippen LogP contribution < -0.4 is 5.32 Å². The third kappa shape index (κ3) is 0.789. The Hall–Kier alpha value is -0.960. The van der Waals surface area contributed by atoms with E-state index in [0.29, 0.717) is 12.3 Å². The molecule has 1 aliphatic heterocycles. The van der Waals surface area contributed by atoms with Crippen LogP contribution in [0.5, 0.6) is 0 Å². The van der Waals surface area contributed by atoms with Crippen molar-refractivity contribution in [3.63, 3.8) is 0 Å². The summed E-state index contributed by atoms with van der Waals surface area (Å²) in [4.78, 5) is 0. The molecular weight excluding hydrogens is 146 g/mol. The van der Waals surface area contributed by atoms with Gasteiger partial charge in [0.1, 0.15) is 5.76 Å². The summed E-state index contributed by atoms with van der Waals surface area (Å²) in [7, 11) is 0. The Kier molecular flexibility index (Phi) is 1.17. The average Bonchev–Trinajstić information content (AvgIpc) is 2.33. The zero-order valence-electron chi connectivity index (χ0n) is 5.29. The Bertz CT molecular complexity index is 277. The minimum Gasteiger partial charge on any atom is -0.510 e. The molecule has 0 radical (unpaired) electrons. The van der Waals surface area contributed by atoms with Gasteiger partial charge in [0.25, 0.3) is 0 Å². The monoisotopic (exact) mass is 153 g/mol. The number of anilines is 1. The number of nitrogens with one attached hydrogen (secondary N) is 1. The smallest absolute Gasteiger partial charge is 0.112 e. The number of aliphatic hydroxyl groups is 1. The van der Waals surface area contributed by atoms with Gasteiger partial charge < -0.3 is 10.4 Å². The van der Waals surface area contributed by atoms with Gasteiger partial charge in [-0.15, -0.1) is 11.3 Å². The van der Waals surface area contributed by atoms with E-state index in [1.807, 2.05) is 11.4 Å². The molecule has 0 amide bonds. The van der Waals surface area contributed by atoms with Crippen molar-refractivity contribution in [3.05, 3.63) is 22.8 Å². The second-order valence-corrected chi connectivity index (χ2v) is 3.11. The van der Waals surface area contributed by atoms with Gasteiger partial charge in [0, 0.05) is 5.56 Å². The molecule has 10 heavy (non-hydrogen) atoms. The summed E-state index contributed by atoms with van der Waals surface area (Å²) in [5, 5.41) is 15.3. The Labute approximate surface area is 62.8 Å². The molecule has 2 heterocycles. The van der Waals surface area contributed by atoms with Crippen LogP contribution in [0, 0.1) is 0 Å². The fraction of sp³-hybridized carbons (Fsp3) is 0.143. The van der Waals surface area contributed by atoms with Crippen LogP contribution >= 0.6 is 11.3 Å². The SMILES string of the molecule is OC1=Cc2ccsc2NC1. The van der Waals surface area contributed by atoms with Crippen molar-refractivity contribution in [2.45, 2.75) is 0 Å². The maximum Gasteiger partial charge on any atom is 0.112 e. The number of rotatable bonds is 0. The topological polar surface area (TPSA) is 32.3 Å². The van der Waals surface area contributed by atoms with E-state index in [0.717, 1.165) is 10.6 Å². The second-order valence-electron chi connectivity index (χ2n) is 2.19. The van der Waals surface area contributed by atoms with Gasteiger partial charge >= 0.3 is 0 Å². The molecule has 0 saturated carbocycles. The van der Waals surface area contributed by atoms with Gasteiger partial charge in [0.05, 0.1) is 11.5 Å². The molecule has 0 atom stereocenters. The predicted molar refractivity (Wildman–Crippen MR) is 43.4 cm³/mol. The van der Waals surface area contributed by atoms with Crippen molar-refractivity contribution in [2.75, 3.05) is 11.9 Å². The Morgan fingerprint density at radius 2 is 2.50 bits per heavy atom. The first-order valence-electron chi connectivity index (χ1n) is 3.07. The molecule has 0 aliphatic carbocycles. The lowest BCUT2D eigenvalue weighted by atomic mass is 10.2. The van der Waals surface area contributed by atoms with Crippen LogP contribution in [0.4, 0.5) is 5.00 Å². The first kappa shape index (κ1) is 5.80. The molecule has 2 rings (SSSR count). The maximum atomic E-state index is 9.08. The zero-order valence-corrected chi connectivity index (χ0v) is 6.11. The highest BCUT2D eigenvalue weighted by atomic mass is 32.1. The van der Waals surface area contributed by atoms with Gasteiger partial charge in [0.2, 0.25) is 0 Å². The van der Waals surface area contributed by atoms with Crippen molar-refractivity contribution in [2.24, 2.45) is 0 Å². The quantitative estimate of drug-likeness (QED) is 0.598. The number of aliphatic hydroxyl groups excluding tert-OH is 1. The lowest BCUT2D eigenvalue weighted by molar-refractivity contribution is 0.412. The number of thiophene rings is 1. The molecule has 1 aromatic heterocycles. The summed E-state index contributed by atoms with van der Waals surface area (Å²) in [6, 6.07) is 1.99. The predicted octanol–water partition coefficient (Wildman–Crippen LogP) is 2.07. The molecule has 2 N–H and O–H groups in total. The minimum atomic E-state index is 0.408. The number of hydrogen-bond donors (Lipinski definition) is 2. The molecule has 52 valence electrons. The molecule has 0 spiro atoms. The van der Waals surface area contributed by atoms with Gasteiger partial charge in [-0.2, -0.15) is 0 Å². The summed E-state index contributed by atoms with van der Waals surface area (Å²) in [5.41, 5.74) is 1.09. The average molecular weight is 153 g/mol. The molecule has 0 aromatic carbocycles. The number of fused-ring (bicyclic) bond motifs is 1. The van der Waals surface area contributed by atoms with Crippen LogP contribution in [0.3, 0.4) is 0 Å². The number of hydrogen-bond acceptors (Lipinski definition) is 3. The Morgan fingerprint density at radius 3 is 3.40 bits per heavy atom. The molecule has 0 fully saturated rings. The van der Waals surface area contributed by atoms with E-state index in [-0.39, 0.29) is 0 Å². The molecule has 1 aromatic rings. The van der Waals surface area contributed by atoms with E-state index in [9.17, 15) is 0 Å². The summed E-state index contributed by atoms with van der Waals surface area (Å²) < 4.78 is 0. The van der Waals surface area contributed by atoms with Crippen LogP contribution in [0.2, 0.25) is 0 Å². The lowest BCUT2D eigenvalue weighted by Crippen LogP contribution is -2.07. The largest absolute Gasteiger partial charge is 0.510 e. The van der Waals surface area contributed by atoms with E-state index < -0.39 is 0 Å². The minimum absolute atomic E-state index is 0.408. The van der Waals surface area contributed by atoms with E-state index in [4.69, 9.17) is 5.11 Å². The Morgan fingerprint density at radius 1 is 1.60 bits per heavy atom. The van der Waals surface area contributed by atoms with Crippen LogP contribution in [0.15, 0.2) is 17.2 Å². The van der Waals surface area contributed by atoms with Crippen molar-refractivity contribution in [1.29, 1.82) is 0 Å². The van der Waals surface area contributed by atoms with Crippen molar-refractivity contribution in [3.8, 4) is 0 Å². The van der Waals surface area contributed by atoms with Crippen LogP contribution in [-0.2, 0) is 0 Å². The van der Waals surface area contributed by atoms with Gasteiger partial charge in [-0.3, -0.25) is 0 Å². The van der Waals surface area contributed by atoms with Crippen LogP contribution in [-0.4, -0.2) is 11.7 Å². The van der Waals surface area contributed by atoms with Gasteiger partial charge in [0.15, 0.2) is 0 Å². The highest BCUT2D eigenvalue weighted by Gasteiger charge is 2.07. The van der Waals surface area contributed by atoms with Crippen LogP contribution in [0.1, 0.15) is 5.56 Å². The van der Waals surface area contributed by atoms with E-state index in [2.05, 4.69) is 5.32 Å². The van der Waals surface area contributed by atoms with Crippen molar-refractivity contribution < 1.29 is 5.11 Å². The maximum absolute atomic E-state index is 9.08. The second kappa shape index (κ2) is 2.02. The van der Waals surface area contributed by atoms with E-state index in [1.165, 1.54) is 0 Å². The fourth-order valence-electron chi connectivity index (χ4n) is 0.978. The summed E-state index contributed by atoms with van der Waals surface area (Å²) in [6.07, 6.45) is 1.79. The fourth-order valence-corrected chi connectivity index (χ4v) is 1.75. The van der Waals surface area contributed by atoms with Gasteiger partial charge in [-0.25, -0.2) is 0 Å². The van der Waals surface area contributed by atoms with Crippen molar-refractivity contribution in [1.82, 2.24) is 0 Å². The zero-order chi connectivity index (χ0) is 6.97.